The Morgan fingerprint density at radius 2 is 2.35 bits per heavy atom. The van der Waals surface area contributed by atoms with Crippen LogP contribution in [-0.2, 0) is 9.39 Å². The lowest BCUT2D eigenvalue weighted by molar-refractivity contribution is -0.0475. The van der Waals surface area contributed by atoms with E-state index in [2.05, 4.69) is 4.98 Å². The van der Waals surface area contributed by atoms with Gasteiger partial charge in [0, 0.05) is 18.2 Å². The van der Waals surface area contributed by atoms with Crippen LogP contribution in [0.3, 0.4) is 0 Å². The summed E-state index contributed by atoms with van der Waals surface area (Å²) >= 11 is 0. The lowest BCUT2D eigenvalue weighted by Crippen LogP contribution is -2.37. The van der Waals surface area contributed by atoms with Gasteiger partial charge in [-0.1, -0.05) is 0 Å². The second kappa shape index (κ2) is 4.31. The Morgan fingerprint density at radius 3 is 2.95 bits per heavy atom. The maximum Gasteiger partial charge on any atom is 0.330 e. The van der Waals surface area contributed by atoms with Crippen molar-refractivity contribution < 1.29 is 14.5 Å². The van der Waals surface area contributed by atoms with Crippen molar-refractivity contribution in [3.8, 4) is 6.07 Å². The monoisotopic (exact) mass is 277 g/mol. The highest BCUT2D eigenvalue weighted by Gasteiger charge is 2.60. The maximum absolute atomic E-state index is 11.8. The Balaban J connectivity index is 1.91. The lowest BCUT2D eigenvalue weighted by Gasteiger charge is -2.18. The molecule has 2 aliphatic rings. The molecular formula is C11H12BN3O5. The molecule has 9 heteroatoms. The van der Waals surface area contributed by atoms with Crippen molar-refractivity contribution in [2.24, 2.45) is 0 Å². The number of hydrogen-bond acceptors (Lipinski definition) is 6. The average Bonchev–Trinajstić information content (AvgIpc) is 3.11. The van der Waals surface area contributed by atoms with Crippen molar-refractivity contribution in [3.63, 3.8) is 0 Å². The summed E-state index contributed by atoms with van der Waals surface area (Å²) in [5.41, 5.74) is -1.82. The molecule has 0 amide bonds. The molecule has 4 atom stereocenters. The van der Waals surface area contributed by atoms with Crippen LogP contribution in [0.4, 0.5) is 0 Å². The van der Waals surface area contributed by atoms with E-state index in [1.165, 1.54) is 10.8 Å². The Bertz CT molecular complexity index is 701. The van der Waals surface area contributed by atoms with Crippen LogP contribution in [0.5, 0.6) is 0 Å². The van der Waals surface area contributed by atoms with Gasteiger partial charge in [0.05, 0.1) is 12.2 Å². The molecule has 2 aliphatic heterocycles. The minimum atomic E-state index is -1.12. The predicted molar refractivity (Wildman–Crippen MR) is 67.2 cm³/mol. The molecule has 2 N–H and O–H groups in total. The number of nitriles is 1. The largest absolute Gasteiger partial charge is 0.420 e. The molecule has 1 aromatic rings. The van der Waals surface area contributed by atoms with Crippen LogP contribution in [0.25, 0.3) is 0 Å². The highest BCUT2D eigenvalue weighted by molar-refractivity contribution is 6.44. The zero-order valence-electron chi connectivity index (χ0n) is 10.7. The number of nitrogens with one attached hydrogen (secondary N) is 1. The first-order chi connectivity index (χ1) is 9.47. The summed E-state index contributed by atoms with van der Waals surface area (Å²) < 4.78 is 11.9. The van der Waals surface area contributed by atoms with E-state index in [9.17, 15) is 14.7 Å². The van der Waals surface area contributed by atoms with Crippen molar-refractivity contribution in [1.82, 2.24) is 9.55 Å². The molecule has 8 nitrogen and oxygen atoms in total. The van der Waals surface area contributed by atoms with E-state index in [0.29, 0.717) is 5.56 Å². The number of aromatic nitrogens is 2. The summed E-state index contributed by atoms with van der Waals surface area (Å²) in [6.07, 6.45) is -0.887. The molecule has 0 radical (unpaired) electrons. The van der Waals surface area contributed by atoms with E-state index in [1.54, 1.807) is 6.92 Å². The quantitative estimate of drug-likeness (QED) is 0.481. The fraction of sp³-hybridized carbons (Fsp3) is 0.545. The number of aliphatic hydroxyl groups excluding tert-OH is 1. The fourth-order valence-electron chi connectivity index (χ4n) is 2.42. The minimum Gasteiger partial charge on any atom is -0.420 e. The van der Waals surface area contributed by atoms with E-state index in [-0.39, 0.29) is 13.9 Å². The highest BCUT2D eigenvalue weighted by atomic mass is 16.6. The molecule has 3 heterocycles. The SMILES string of the molecule is Cc1cn([C@H]2C[C@H](O)[C@@H](C3(C#N)BO3)O2)c(=O)[nH]c1=O. The average molecular weight is 277 g/mol. The molecule has 3 rings (SSSR count). The summed E-state index contributed by atoms with van der Waals surface area (Å²) in [6.45, 7) is 1.57. The van der Waals surface area contributed by atoms with Gasteiger partial charge in [-0.25, -0.2) is 4.79 Å². The van der Waals surface area contributed by atoms with Crippen LogP contribution in [0.15, 0.2) is 15.8 Å². The molecule has 0 spiro atoms. The number of aryl methyl sites for hydroxylation is 1. The van der Waals surface area contributed by atoms with Crippen molar-refractivity contribution >= 4 is 7.48 Å². The summed E-state index contributed by atoms with van der Waals surface area (Å²) in [4.78, 5) is 25.3. The molecular weight excluding hydrogens is 265 g/mol. The molecule has 0 aliphatic carbocycles. The van der Waals surface area contributed by atoms with E-state index < -0.39 is 35.2 Å². The van der Waals surface area contributed by atoms with E-state index in [0.717, 1.165) is 0 Å². The van der Waals surface area contributed by atoms with Gasteiger partial charge in [0.2, 0.25) is 0 Å². The van der Waals surface area contributed by atoms with Crippen molar-refractivity contribution in [2.75, 3.05) is 0 Å². The van der Waals surface area contributed by atoms with Crippen molar-refractivity contribution in [2.45, 2.75) is 37.3 Å². The first-order valence-electron chi connectivity index (χ1n) is 6.17. The van der Waals surface area contributed by atoms with Gasteiger partial charge in [-0.3, -0.25) is 14.3 Å². The molecule has 0 bridgehead atoms. The first kappa shape index (κ1) is 13.1. The van der Waals surface area contributed by atoms with E-state index in [1.807, 2.05) is 6.07 Å². The first-order valence-corrected chi connectivity index (χ1v) is 6.17. The smallest absolute Gasteiger partial charge is 0.330 e. The van der Waals surface area contributed by atoms with Gasteiger partial charge in [-0.15, -0.1) is 0 Å². The summed E-state index contributed by atoms with van der Waals surface area (Å²) in [5, 5.41) is 19.0. The van der Waals surface area contributed by atoms with Gasteiger partial charge in [-0.2, -0.15) is 5.26 Å². The molecule has 1 unspecified atom stereocenters. The number of rotatable bonds is 2. The van der Waals surface area contributed by atoms with Crippen LogP contribution in [0.2, 0.25) is 0 Å². The number of ether oxygens (including phenoxy) is 1. The standard InChI is InChI=1S/C11H12BN3O5/c1-5-3-15(10(18)14-9(5)17)7-2-6(16)8(19-7)11(4-13)12-20-11/h3,6-8,12,16H,2H2,1H3,(H,14,17,18)/t6-,7+,8-,11?/m0/s1. The van der Waals surface area contributed by atoms with Gasteiger partial charge in [0.25, 0.3) is 5.56 Å². The fourth-order valence-corrected chi connectivity index (χ4v) is 2.42. The molecule has 1 aromatic heterocycles. The van der Waals surface area contributed by atoms with Crippen LogP contribution in [0, 0.1) is 18.3 Å². The van der Waals surface area contributed by atoms with Gasteiger partial charge < -0.3 is 14.5 Å². The zero-order chi connectivity index (χ0) is 14.5. The number of aliphatic hydroxyl groups is 1. The van der Waals surface area contributed by atoms with Gasteiger partial charge in [-0.05, 0) is 6.92 Å². The van der Waals surface area contributed by atoms with Gasteiger partial charge in [0.1, 0.15) is 12.3 Å². The third-order valence-electron chi connectivity index (χ3n) is 3.66. The molecule has 2 saturated heterocycles. The van der Waals surface area contributed by atoms with Gasteiger partial charge >= 0.3 is 13.2 Å². The highest BCUT2D eigenvalue weighted by Crippen LogP contribution is 2.40. The normalized spacial score (nSPS) is 35.4. The van der Waals surface area contributed by atoms with Crippen LogP contribution in [-0.4, -0.2) is 39.8 Å². The molecule has 0 saturated carbocycles. The predicted octanol–water partition coefficient (Wildman–Crippen LogP) is -1.90. The molecule has 0 aromatic carbocycles. The third-order valence-corrected chi connectivity index (χ3v) is 3.66. The third kappa shape index (κ3) is 1.89. The topological polar surface area (TPSA) is 121 Å². The molecule has 20 heavy (non-hydrogen) atoms. The Morgan fingerprint density at radius 1 is 1.65 bits per heavy atom. The van der Waals surface area contributed by atoms with Crippen LogP contribution >= 0.6 is 0 Å². The summed E-state index contributed by atoms with van der Waals surface area (Å²) in [7, 11) is 0.206. The van der Waals surface area contributed by atoms with E-state index in [4.69, 9.17) is 14.7 Å². The van der Waals surface area contributed by atoms with Crippen LogP contribution < -0.4 is 11.2 Å². The zero-order valence-corrected chi connectivity index (χ0v) is 10.7. The van der Waals surface area contributed by atoms with Crippen molar-refractivity contribution in [1.29, 1.82) is 5.26 Å². The second-order valence-corrected chi connectivity index (χ2v) is 5.08. The van der Waals surface area contributed by atoms with Crippen molar-refractivity contribution in [3.05, 3.63) is 32.6 Å². The van der Waals surface area contributed by atoms with Gasteiger partial charge in [0.15, 0.2) is 5.50 Å². The second-order valence-electron chi connectivity index (χ2n) is 5.08. The van der Waals surface area contributed by atoms with E-state index >= 15 is 0 Å². The Kier molecular flexibility index (Phi) is 2.83. The summed E-state index contributed by atoms with van der Waals surface area (Å²) in [5.74, 6) is 0. The number of nitrogens with zero attached hydrogens (tertiary/aromatic N) is 2. The minimum absolute atomic E-state index is 0.156. The van der Waals surface area contributed by atoms with Crippen LogP contribution in [0.1, 0.15) is 18.2 Å². The number of H-pyrrole nitrogens is 1. The lowest BCUT2D eigenvalue weighted by atomic mass is 9.82. The summed E-state index contributed by atoms with van der Waals surface area (Å²) in [6, 6.07) is 1.98. The molecule has 104 valence electrons. The Hall–Kier alpha value is -1.89. The number of hydrogen-bond donors (Lipinski definition) is 2. The number of aromatic amines is 1. The maximum atomic E-state index is 11.8. The molecule has 2 fully saturated rings. The Labute approximate surface area is 113 Å².